The predicted molar refractivity (Wildman–Crippen MR) is 216 cm³/mol. The minimum Gasteiger partial charge on any atom is -0.397 e. The summed E-state index contributed by atoms with van der Waals surface area (Å²) in [5.74, 6) is -0.311. The predicted octanol–water partition coefficient (Wildman–Crippen LogP) is 6.35. The van der Waals surface area contributed by atoms with Crippen LogP contribution in [-0.2, 0) is 66.5 Å². The minimum absolute atomic E-state index is 0.00984. The van der Waals surface area contributed by atoms with Crippen molar-refractivity contribution in [3.8, 4) is 22.5 Å². The van der Waals surface area contributed by atoms with Crippen molar-refractivity contribution in [3.63, 3.8) is 0 Å². The maximum absolute atomic E-state index is 13.4. The molecule has 12 nitrogen and oxygen atoms in total. The Balaban J connectivity index is 0.000000174. The smallest absolute Gasteiger partial charge is 0.229 e. The molecule has 4 N–H and O–H groups in total. The Morgan fingerprint density at radius 1 is 0.754 bits per heavy atom. The number of methoxy groups -OCH3 is 1. The Morgan fingerprint density at radius 3 is 1.98 bits per heavy atom. The molecule has 0 bridgehead atoms. The number of nitrogens with two attached hydrogens (primary N) is 2. The first-order chi connectivity index (χ1) is 27.5. The Morgan fingerprint density at radius 2 is 1.37 bits per heavy atom. The highest BCUT2D eigenvalue weighted by Crippen LogP contribution is 2.28. The van der Waals surface area contributed by atoms with E-state index in [1.165, 1.54) is 12.1 Å². The van der Waals surface area contributed by atoms with Gasteiger partial charge < -0.3 is 26.0 Å². The van der Waals surface area contributed by atoms with Crippen LogP contribution in [0.4, 0.5) is 15.8 Å². The second-order valence-corrected chi connectivity index (χ2v) is 14.4. The molecule has 2 amide bonds. The third-order valence-corrected chi connectivity index (χ3v) is 10.4. The number of halogens is 1. The summed E-state index contributed by atoms with van der Waals surface area (Å²) in [7, 11) is 1.65. The molecule has 13 heteroatoms. The number of fused-ring (bicyclic) bond motifs is 2. The van der Waals surface area contributed by atoms with Crippen molar-refractivity contribution in [1.29, 1.82) is 0 Å². The van der Waals surface area contributed by atoms with Crippen LogP contribution in [0, 0.1) is 19.7 Å². The number of aromatic nitrogens is 5. The van der Waals surface area contributed by atoms with Crippen molar-refractivity contribution >= 4 is 23.2 Å². The summed E-state index contributed by atoms with van der Waals surface area (Å²) in [4.78, 5) is 43.0. The molecule has 2 aliphatic rings. The number of amides is 2. The van der Waals surface area contributed by atoms with Gasteiger partial charge in [0.15, 0.2) is 0 Å². The maximum Gasteiger partial charge on any atom is 0.229 e. The van der Waals surface area contributed by atoms with E-state index in [9.17, 15) is 14.0 Å². The number of nitrogen functional groups attached to an aromatic ring is 2. The molecule has 292 valence electrons. The number of carbonyl (C=O) groups is 2. The molecule has 8 rings (SSSR count). The summed E-state index contributed by atoms with van der Waals surface area (Å²) in [5, 5.41) is 4.49. The lowest BCUT2D eigenvalue weighted by Crippen LogP contribution is -2.28. The number of aryl methyl sites for hydroxylation is 3. The van der Waals surface area contributed by atoms with E-state index >= 15 is 0 Å². The normalized spacial score (nSPS) is 12.9. The van der Waals surface area contributed by atoms with Gasteiger partial charge >= 0.3 is 0 Å². The van der Waals surface area contributed by atoms with Crippen molar-refractivity contribution in [1.82, 2.24) is 34.5 Å². The highest BCUT2D eigenvalue weighted by atomic mass is 19.1. The molecule has 0 atom stereocenters. The van der Waals surface area contributed by atoms with Gasteiger partial charge in [-0.25, -0.2) is 4.39 Å². The molecule has 0 spiro atoms. The van der Waals surface area contributed by atoms with Gasteiger partial charge in [0.2, 0.25) is 11.8 Å². The maximum atomic E-state index is 13.4. The standard InChI is InChI=1S/C23H24N4O2.C21H22FN5O/c1-15-5-3-4-6-19(15)21-8-7-20(24)22(26-21)10-23(28)27-12-16-9-18(14-29-2)25-11-17(16)13-27;1-3-27-11-14-10-26(12-20(14)25-27)21(28)9-19-17(23)6-7-18(24-19)16-5-4-15(22)8-13(16)2/h3-9,11H,10,12-14,24H2,1-2H3;4-8,11H,3,9-10,12,23H2,1-2H3. The van der Waals surface area contributed by atoms with E-state index in [1.807, 2.05) is 85.2 Å². The van der Waals surface area contributed by atoms with Gasteiger partial charge in [-0.1, -0.05) is 24.3 Å². The van der Waals surface area contributed by atoms with Crippen molar-refractivity contribution in [2.75, 3.05) is 18.6 Å². The van der Waals surface area contributed by atoms with Gasteiger partial charge in [0.25, 0.3) is 0 Å². The number of ether oxygens (including phenoxy) is 1. The molecular weight excluding hydrogens is 722 g/mol. The third kappa shape index (κ3) is 8.68. The molecule has 0 aliphatic carbocycles. The number of hydrogen-bond donors (Lipinski definition) is 2. The van der Waals surface area contributed by atoms with Crippen LogP contribution in [0.2, 0.25) is 0 Å². The van der Waals surface area contributed by atoms with E-state index in [1.54, 1.807) is 30.2 Å². The molecule has 0 saturated heterocycles. The fraction of sp³-hybridized carbons (Fsp3) is 0.273. The van der Waals surface area contributed by atoms with Gasteiger partial charge in [-0.15, -0.1) is 0 Å². The average molecular weight is 768 g/mol. The second-order valence-electron chi connectivity index (χ2n) is 14.4. The average Bonchev–Trinajstić information content (AvgIpc) is 3.91. The molecule has 0 radical (unpaired) electrons. The summed E-state index contributed by atoms with van der Waals surface area (Å²) >= 11 is 0. The molecule has 0 unspecified atom stereocenters. The molecule has 4 aromatic heterocycles. The largest absolute Gasteiger partial charge is 0.397 e. The lowest BCUT2D eigenvalue weighted by atomic mass is 10.0. The van der Waals surface area contributed by atoms with Crippen LogP contribution in [0.25, 0.3) is 22.5 Å². The van der Waals surface area contributed by atoms with Crippen LogP contribution in [0.5, 0.6) is 0 Å². The molecule has 0 fully saturated rings. The topological polar surface area (TPSA) is 158 Å². The highest BCUT2D eigenvalue weighted by molar-refractivity contribution is 5.82. The number of rotatable bonds is 9. The second kappa shape index (κ2) is 16.7. The minimum atomic E-state index is -0.287. The first-order valence-electron chi connectivity index (χ1n) is 18.9. The zero-order chi connectivity index (χ0) is 40.2. The fourth-order valence-electron chi connectivity index (χ4n) is 7.18. The summed E-state index contributed by atoms with van der Waals surface area (Å²) < 4.78 is 20.4. The van der Waals surface area contributed by atoms with E-state index in [0.717, 1.165) is 62.6 Å². The monoisotopic (exact) mass is 767 g/mol. The van der Waals surface area contributed by atoms with Gasteiger partial charge in [-0.05, 0) is 91.6 Å². The third-order valence-electron chi connectivity index (χ3n) is 10.4. The summed E-state index contributed by atoms with van der Waals surface area (Å²) in [6.45, 7) is 9.41. The molecule has 57 heavy (non-hydrogen) atoms. The zero-order valence-electron chi connectivity index (χ0n) is 32.6. The van der Waals surface area contributed by atoms with Crippen molar-refractivity contribution in [2.45, 2.75) is 72.9 Å². The van der Waals surface area contributed by atoms with Crippen LogP contribution >= 0.6 is 0 Å². The van der Waals surface area contributed by atoms with Gasteiger partial charge in [-0.2, -0.15) is 5.10 Å². The molecular formula is C44H46FN9O3. The molecule has 6 aromatic rings. The van der Waals surface area contributed by atoms with Crippen LogP contribution in [-0.4, -0.2) is 53.5 Å². The van der Waals surface area contributed by atoms with E-state index in [2.05, 4.69) is 15.1 Å². The number of anilines is 2. The van der Waals surface area contributed by atoms with Gasteiger partial charge in [-0.3, -0.25) is 29.2 Å². The number of nitrogens with zero attached hydrogens (tertiary/aromatic N) is 7. The molecule has 6 heterocycles. The lowest BCUT2D eigenvalue weighted by molar-refractivity contribution is -0.131. The van der Waals surface area contributed by atoms with Crippen LogP contribution in [0.3, 0.4) is 0 Å². The number of benzene rings is 2. The Kier molecular flexibility index (Phi) is 11.4. The molecule has 2 aromatic carbocycles. The quantitative estimate of drug-likeness (QED) is 0.171. The summed E-state index contributed by atoms with van der Waals surface area (Å²) in [6, 6.07) is 21.9. The lowest BCUT2D eigenvalue weighted by Gasteiger charge is -2.16. The van der Waals surface area contributed by atoms with Gasteiger partial charge in [0.1, 0.15) is 5.82 Å². The first kappa shape index (κ1) is 38.8. The van der Waals surface area contributed by atoms with Crippen LogP contribution < -0.4 is 11.5 Å². The van der Waals surface area contributed by atoms with E-state index in [4.69, 9.17) is 21.2 Å². The van der Waals surface area contributed by atoms with Crippen molar-refractivity contribution in [2.24, 2.45) is 0 Å². The summed E-state index contributed by atoms with van der Waals surface area (Å²) in [5.41, 5.74) is 24.8. The Labute approximate surface area is 331 Å². The Bertz CT molecular complexity index is 2440. The van der Waals surface area contributed by atoms with Crippen molar-refractivity contribution < 1.29 is 18.7 Å². The first-order valence-corrected chi connectivity index (χ1v) is 18.9. The fourth-order valence-corrected chi connectivity index (χ4v) is 7.18. The van der Waals surface area contributed by atoms with Crippen LogP contribution in [0.15, 0.2) is 85.2 Å². The highest BCUT2D eigenvalue weighted by Gasteiger charge is 2.28. The number of hydrogen-bond acceptors (Lipinski definition) is 9. The van der Waals surface area contributed by atoms with E-state index < -0.39 is 0 Å². The SMILES string of the molecule is CCn1cc2c(n1)CN(C(=O)Cc1nc(-c3ccc(F)cc3C)ccc1N)C2.COCc1cc2c(cn1)CN(C(=O)Cc1nc(-c3ccccc3C)ccc1N)C2. The molecule has 2 aliphatic heterocycles. The van der Waals surface area contributed by atoms with Gasteiger partial charge in [0, 0.05) is 62.4 Å². The number of pyridine rings is 3. The zero-order valence-corrected chi connectivity index (χ0v) is 32.6. The van der Waals surface area contributed by atoms with Gasteiger partial charge in [0.05, 0.1) is 71.5 Å². The molecule has 0 saturated carbocycles. The van der Waals surface area contributed by atoms with E-state index in [-0.39, 0.29) is 30.5 Å². The van der Waals surface area contributed by atoms with Crippen molar-refractivity contribution in [3.05, 3.63) is 142 Å². The number of carbonyl (C=O) groups excluding carboxylic acids is 2. The Hall–Kier alpha value is -6.47. The van der Waals surface area contributed by atoms with E-state index in [0.29, 0.717) is 61.2 Å². The van der Waals surface area contributed by atoms with Crippen LogP contribution in [0.1, 0.15) is 57.5 Å². The summed E-state index contributed by atoms with van der Waals surface area (Å²) in [6.07, 6.45) is 4.13.